The van der Waals surface area contributed by atoms with E-state index in [1.807, 2.05) is 6.07 Å². The molecular formula is C19H24N2O2. The molecule has 0 heterocycles. The van der Waals surface area contributed by atoms with Crippen LogP contribution >= 0.6 is 0 Å². The molecule has 0 saturated heterocycles. The first-order valence-electron chi connectivity index (χ1n) is 8.15. The average molecular weight is 312 g/mol. The van der Waals surface area contributed by atoms with Gasteiger partial charge in [0.1, 0.15) is 17.4 Å². The Morgan fingerprint density at radius 1 is 1.30 bits per heavy atom. The van der Waals surface area contributed by atoms with E-state index >= 15 is 0 Å². The van der Waals surface area contributed by atoms with Crippen molar-refractivity contribution < 1.29 is 9.90 Å². The molecule has 0 radical (unpaired) electrons. The lowest BCUT2D eigenvalue weighted by atomic mass is 9.86. The summed E-state index contributed by atoms with van der Waals surface area (Å²) in [5, 5.41) is 22.1. The summed E-state index contributed by atoms with van der Waals surface area (Å²) in [6.07, 6.45) is 6.01. The van der Waals surface area contributed by atoms with Crippen molar-refractivity contribution in [2.45, 2.75) is 52.5 Å². The van der Waals surface area contributed by atoms with E-state index in [1.165, 1.54) is 6.42 Å². The molecule has 1 aliphatic carbocycles. The maximum Gasteiger partial charge on any atom is 0.262 e. The first-order chi connectivity index (χ1) is 10.9. The minimum Gasteiger partial charge on any atom is -0.507 e. The summed E-state index contributed by atoms with van der Waals surface area (Å²) in [6.45, 7) is 5.75. The number of aromatic hydroxyl groups is 1. The summed E-state index contributed by atoms with van der Waals surface area (Å²) in [4.78, 5) is 12.4. The van der Waals surface area contributed by atoms with Crippen LogP contribution in [0.25, 0.3) is 6.08 Å². The third kappa shape index (κ3) is 4.13. The number of hydrogen-bond acceptors (Lipinski definition) is 3. The highest BCUT2D eigenvalue weighted by Crippen LogP contribution is 2.25. The standard InChI is InChI=1S/C19H24N2O2/c1-12-6-4-5-7-17(12)21-19(23)16(11-20)10-15-8-13(2)18(22)14(3)9-15/h8-10,12,17,22H,4-7H2,1-3H3,(H,21,23)/b16-10+/t12-,17-/m0/s1. The lowest BCUT2D eigenvalue weighted by molar-refractivity contribution is -0.118. The number of phenolic OH excluding ortho intramolecular Hbond substituents is 1. The van der Waals surface area contributed by atoms with Crippen LogP contribution in [0.5, 0.6) is 5.75 Å². The predicted molar refractivity (Wildman–Crippen MR) is 90.7 cm³/mol. The molecule has 0 unspecified atom stereocenters. The van der Waals surface area contributed by atoms with Crippen molar-refractivity contribution in [3.8, 4) is 11.8 Å². The number of hydrogen-bond donors (Lipinski definition) is 2. The Morgan fingerprint density at radius 2 is 1.91 bits per heavy atom. The van der Waals surface area contributed by atoms with Crippen LogP contribution in [-0.4, -0.2) is 17.1 Å². The average Bonchev–Trinajstić information content (AvgIpc) is 2.52. The van der Waals surface area contributed by atoms with Crippen molar-refractivity contribution >= 4 is 12.0 Å². The van der Waals surface area contributed by atoms with Gasteiger partial charge in [0.15, 0.2) is 0 Å². The highest BCUT2D eigenvalue weighted by atomic mass is 16.3. The molecule has 4 nitrogen and oxygen atoms in total. The number of aryl methyl sites for hydroxylation is 2. The van der Waals surface area contributed by atoms with Gasteiger partial charge in [-0.3, -0.25) is 4.79 Å². The molecule has 1 aromatic carbocycles. The second kappa shape index (κ2) is 7.32. The van der Waals surface area contributed by atoms with Gasteiger partial charge in [0.05, 0.1) is 0 Å². The molecule has 0 spiro atoms. The van der Waals surface area contributed by atoms with Crippen LogP contribution in [0.1, 0.15) is 49.3 Å². The Labute approximate surface area is 137 Å². The van der Waals surface area contributed by atoms with Crippen molar-refractivity contribution in [2.24, 2.45) is 5.92 Å². The molecule has 0 aromatic heterocycles. The maximum absolute atomic E-state index is 12.4. The third-order valence-electron chi connectivity index (χ3n) is 4.62. The summed E-state index contributed by atoms with van der Waals surface area (Å²) < 4.78 is 0. The summed E-state index contributed by atoms with van der Waals surface area (Å²) in [6, 6.07) is 5.69. The molecule has 1 aliphatic rings. The molecular weight excluding hydrogens is 288 g/mol. The molecule has 1 aromatic rings. The van der Waals surface area contributed by atoms with Crippen LogP contribution in [0.4, 0.5) is 0 Å². The van der Waals surface area contributed by atoms with Gasteiger partial charge in [-0.2, -0.15) is 5.26 Å². The summed E-state index contributed by atoms with van der Waals surface area (Å²) in [7, 11) is 0. The summed E-state index contributed by atoms with van der Waals surface area (Å²) in [5.74, 6) is 0.390. The van der Waals surface area contributed by atoms with Gasteiger partial charge in [-0.15, -0.1) is 0 Å². The van der Waals surface area contributed by atoms with Gasteiger partial charge in [0.25, 0.3) is 5.91 Å². The fourth-order valence-corrected chi connectivity index (χ4v) is 3.16. The number of nitrogens with one attached hydrogen (secondary N) is 1. The number of carbonyl (C=O) groups excluding carboxylic acids is 1. The van der Waals surface area contributed by atoms with Gasteiger partial charge in [0.2, 0.25) is 0 Å². The van der Waals surface area contributed by atoms with Crippen LogP contribution in [0, 0.1) is 31.1 Å². The monoisotopic (exact) mass is 312 g/mol. The number of phenols is 1. The molecule has 1 amide bonds. The van der Waals surface area contributed by atoms with Crippen molar-refractivity contribution in [3.05, 3.63) is 34.4 Å². The highest BCUT2D eigenvalue weighted by molar-refractivity contribution is 6.01. The fraction of sp³-hybridized carbons (Fsp3) is 0.474. The number of rotatable bonds is 3. The Bertz CT molecular complexity index is 647. The van der Waals surface area contributed by atoms with Crippen LogP contribution in [-0.2, 0) is 4.79 Å². The second-order valence-corrected chi connectivity index (χ2v) is 6.51. The molecule has 4 heteroatoms. The molecule has 23 heavy (non-hydrogen) atoms. The van der Waals surface area contributed by atoms with E-state index < -0.39 is 0 Å². The van der Waals surface area contributed by atoms with Gasteiger partial charge in [-0.25, -0.2) is 0 Å². The van der Waals surface area contributed by atoms with Crippen LogP contribution in [0.3, 0.4) is 0 Å². The van der Waals surface area contributed by atoms with Gasteiger partial charge >= 0.3 is 0 Å². The van der Waals surface area contributed by atoms with E-state index in [0.29, 0.717) is 5.92 Å². The van der Waals surface area contributed by atoms with E-state index in [4.69, 9.17) is 0 Å². The predicted octanol–water partition coefficient (Wildman–Crippen LogP) is 3.61. The van der Waals surface area contributed by atoms with Crippen LogP contribution < -0.4 is 5.32 Å². The van der Waals surface area contributed by atoms with Gasteiger partial charge in [0, 0.05) is 6.04 Å². The summed E-state index contributed by atoms with van der Waals surface area (Å²) >= 11 is 0. The van der Waals surface area contributed by atoms with Crippen molar-refractivity contribution in [3.63, 3.8) is 0 Å². The Kier molecular flexibility index (Phi) is 5.44. The zero-order valence-corrected chi connectivity index (χ0v) is 14.0. The van der Waals surface area contributed by atoms with Crippen molar-refractivity contribution in [2.75, 3.05) is 0 Å². The zero-order valence-electron chi connectivity index (χ0n) is 14.0. The first kappa shape index (κ1) is 17.1. The summed E-state index contributed by atoms with van der Waals surface area (Å²) in [5.41, 5.74) is 2.32. The Hall–Kier alpha value is -2.28. The molecule has 0 bridgehead atoms. The van der Waals surface area contributed by atoms with Gasteiger partial charge < -0.3 is 10.4 Å². The fourth-order valence-electron chi connectivity index (χ4n) is 3.16. The Morgan fingerprint density at radius 3 is 2.48 bits per heavy atom. The van der Waals surface area contributed by atoms with E-state index in [9.17, 15) is 15.2 Å². The lowest BCUT2D eigenvalue weighted by Crippen LogP contribution is -2.41. The largest absolute Gasteiger partial charge is 0.507 e. The van der Waals surface area contributed by atoms with Crippen molar-refractivity contribution in [1.82, 2.24) is 5.32 Å². The van der Waals surface area contributed by atoms with Crippen molar-refractivity contribution in [1.29, 1.82) is 5.26 Å². The smallest absolute Gasteiger partial charge is 0.262 e. The minimum atomic E-state index is -0.311. The van der Waals surface area contributed by atoms with E-state index in [0.717, 1.165) is 36.0 Å². The minimum absolute atomic E-state index is 0.104. The molecule has 1 saturated carbocycles. The van der Waals surface area contributed by atoms with E-state index in [-0.39, 0.29) is 23.3 Å². The molecule has 2 atom stereocenters. The van der Waals surface area contributed by atoms with E-state index in [2.05, 4.69) is 12.2 Å². The maximum atomic E-state index is 12.4. The van der Waals surface area contributed by atoms with Gasteiger partial charge in [-0.1, -0.05) is 19.8 Å². The highest BCUT2D eigenvalue weighted by Gasteiger charge is 2.24. The van der Waals surface area contributed by atoms with Crippen LogP contribution in [0.2, 0.25) is 0 Å². The lowest BCUT2D eigenvalue weighted by Gasteiger charge is -2.29. The van der Waals surface area contributed by atoms with Gasteiger partial charge in [-0.05, 0) is 67.5 Å². The molecule has 0 aliphatic heterocycles. The quantitative estimate of drug-likeness (QED) is 0.661. The zero-order chi connectivity index (χ0) is 17.0. The topological polar surface area (TPSA) is 73.1 Å². The van der Waals surface area contributed by atoms with E-state index in [1.54, 1.807) is 32.1 Å². The number of amides is 1. The molecule has 2 rings (SSSR count). The molecule has 2 N–H and O–H groups in total. The SMILES string of the molecule is Cc1cc(/C=C(\C#N)C(=O)N[C@H]2CCCC[C@@H]2C)cc(C)c1O. The number of nitriles is 1. The second-order valence-electron chi connectivity index (χ2n) is 6.51. The van der Waals surface area contributed by atoms with Crippen LogP contribution in [0.15, 0.2) is 17.7 Å². The molecule has 1 fully saturated rings. The Balaban J connectivity index is 2.18. The normalized spacial score (nSPS) is 21.6. The number of nitrogens with zero attached hydrogens (tertiary/aromatic N) is 1. The first-order valence-corrected chi connectivity index (χ1v) is 8.15. The number of carbonyl (C=O) groups is 1. The third-order valence-corrected chi connectivity index (χ3v) is 4.62. The number of benzene rings is 1. The molecule has 122 valence electrons.